The average molecular weight is 374 g/mol. The Morgan fingerprint density at radius 3 is 2.67 bits per heavy atom. The smallest absolute Gasteiger partial charge is 0.253 e. The SMILES string of the molecule is CNCC1CCN(C(=O)c2cccc(CN3CCCC3)c2)C1.Cl.Cl. The molecule has 1 unspecified atom stereocenters. The van der Waals surface area contributed by atoms with Crippen molar-refractivity contribution in [2.75, 3.05) is 39.8 Å². The second kappa shape index (κ2) is 10.2. The molecule has 4 nitrogen and oxygen atoms in total. The van der Waals surface area contributed by atoms with Gasteiger partial charge in [0, 0.05) is 25.2 Å². The fourth-order valence-electron chi connectivity index (χ4n) is 3.66. The van der Waals surface area contributed by atoms with Gasteiger partial charge in [-0.15, -0.1) is 24.8 Å². The van der Waals surface area contributed by atoms with E-state index in [0.717, 1.165) is 38.2 Å². The number of rotatable bonds is 5. The zero-order chi connectivity index (χ0) is 15.4. The van der Waals surface area contributed by atoms with Crippen LogP contribution in [0.3, 0.4) is 0 Å². The zero-order valence-electron chi connectivity index (χ0n) is 14.4. The van der Waals surface area contributed by atoms with E-state index in [1.54, 1.807) is 0 Å². The lowest BCUT2D eigenvalue weighted by molar-refractivity contribution is 0.0787. The summed E-state index contributed by atoms with van der Waals surface area (Å²) in [6, 6.07) is 8.22. The van der Waals surface area contributed by atoms with Crippen molar-refractivity contribution in [3.63, 3.8) is 0 Å². The molecule has 2 fully saturated rings. The molecule has 1 aromatic rings. The minimum atomic E-state index is 0. The Kier molecular flexibility index (Phi) is 9.06. The lowest BCUT2D eigenvalue weighted by Crippen LogP contribution is -2.30. The first-order valence-electron chi connectivity index (χ1n) is 8.51. The highest BCUT2D eigenvalue weighted by Gasteiger charge is 2.26. The number of likely N-dealkylation sites (tertiary alicyclic amines) is 2. The molecule has 0 bridgehead atoms. The van der Waals surface area contributed by atoms with Gasteiger partial charge >= 0.3 is 0 Å². The van der Waals surface area contributed by atoms with Crippen molar-refractivity contribution in [1.82, 2.24) is 15.1 Å². The van der Waals surface area contributed by atoms with Gasteiger partial charge in [-0.3, -0.25) is 9.69 Å². The summed E-state index contributed by atoms with van der Waals surface area (Å²) in [6.45, 7) is 6.13. The number of halogens is 2. The van der Waals surface area contributed by atoms with Gasteiger partial charge in [0.25, 0.3) is 5.91 Å². The number of hydrogen-bond acceptors (Lipinski definition) is 3. The van der Waals surface area contributed by atoms with Crippen LogP contribution in [0.25, 0.3) is 0 Å². The molecule has 24 heavy (non-hydrogen) atoms. The molecule has 6 heteroatoms. The predicted molar refractivity (Wildman–Crippen MR) is 103 cm³/mol. The van der Waals surface area contributed by atoms with Crippen LogP contribution in [0.2, 0.25) is 0 Å². The molecule has 2 saturated heterocycles. The fourth-order valence-corrected chi connectivity index (χ4v) is 3.66. The third-order valence-electron chi connectivity index (χ3n) is 4.84. The summed E-state index contributed by atoms with van der Waals surface area (Å²) in [5.74, 6) is 0.795. The van der Waals surface area contributed by atoms with Crippen LogP contribution in [0.1, 0.15) is 35.2 Å². The fraction of sp³-hybridized carbons (Fsp3) is 0.611. The van der Waals surface area contributed by atoms with E-state index in [4.69, 9.17) is 0 Å². The Balaban J connectivity index is 0.00000144. The molecule has 3 rings (SSSR count). The monoisotopic (exact) mass is 373 g/mol. The number of carbonyl (C=O) groups is 1. The third-order valence-corrected chi connectivity index (χ3v) is 4.84. The van der Waals surface area contributed by atoms with Crippen LogP contribution in [0, 0.1) is 5.92 Å². The molecule has 2 aliphatic rings. The lowest BCUT2D eigenvalue weighted by Gasteiger charge is -2.18. The Bertz CT molecular complexity index is 521. The van der Waals surface area contributed by atoms with Gasteiger partial charge in [-0.2, -0.15) is 0 Å². The van der Waals surface area contributed by atoms with E-state index in [-0.39, 0.29) is 30.7 Å². The molecule has 1 atom stereocenters. The summed E-state index contributed by atoms with van der Waals surface area (Å²) in [7, 11) is 1.98. The molecule has 0 aliphatic carbocycles. The molecule has 1 aromatic carbocycles. The van der Waals surface area contributed by atoms with Crippen LogP contribution >= 0.6 is 24.8 Å². The van der Waals surface area contributed by atoms with E-state index in [0.29, 0.717) is 5.92 Å². The van der Waals surface area contributed by atoms with Crippen molar-refractivity contribution in [2.24, 2.45) is 5.92 Å². The zero-order valence-corrected chi connectivity index (χ0v) is 16.0. The molecule has 0 aromatic heterocycles. The first-order chi connectivity index (χ1) is 10.8. The maximum absolute atomic E-state index is 12.7. The van der Waals surface area contributed by atoms with E-state index in [2.05, 4.69) is 22.3 Å². The molecule has 0 saturated carbocycles. The van der Waals surface area contributed by atoms with Crippen molar-refractivity contribution < 1.29 is 4.79 Å². The quantitative estimate of drug-likeness (QED) is 0.861. The number of nitrogens with one attached hydrogen (secondary N) is 1. The number of nitrogens with zero attached hydrogens (tertiary/aromatic N) is 2. The summed E-state index contributed by atoms with van der Waals surface area (Å²) in [6.07, 6.45) is 3.72. The molecule has 0 radical (unpaired) electrons. The van der Waals surface area contributed by atoms with Crippen LogP contribution in [0.4, 0.5) is 0 Å². The number of benzene rings is 1. The van der Waals surface area contributed by atoms with Gasteiger partial charge < -0.3 is 10.2 Å². The standard InChI is InChI=1S/C18H27N3O.2ClH/c1-19-12-16-7-10-21(14-16)18(22)17-6-4-5-15(11-17)13-20-8-2-3-9-20;;/h4-6,11,16,19H,2-3,7-10,12-14H2,1H3;2*1H. The summed E-state index contributed by atoms with van der Waals surface area (Å²) >= 11 is 0. The number of carbonyl (C=O) groups excluding carboxylic acids is 1. The minimum Gasteiger partial charge on any atom is -0.338 e. The third kappa shape index (κ3) is 5.35. The van der Waals surface area contributed by atoms with Crippen LogP contribution in [-0.2, 0) is 6.54 Å². The number of hydrogen-bond donors (Lipinski definition) is 1. The molecular weight excluding hydrogens is 345 g/mol. The second-order valence-electron chi connectivity index (χ2n) is 6.65. The molecule has 136 valence electrons. The Labute approximate surface area is 157 Å². The summed E-state index contributed by atoms with van der Waals surface area (Å²) in [5, 5.41) is 3.21. The molecule has 2 aliphatic heterocycles. The highest BCUT2D eigenvalue weighted by atomic mass is 35.5. The summed E-state index contributed by atoms with van der Waals surface area (Å²) < 4.78 is 0. The van der Waals surface area contributed by atoms with E-state index < -0.39 is 0 Å². The first kappa shape index (κ1) is 21.2. The Morgan fingerprint density at radius 2 is 1.96 bits per heavy atom. The molecule has 2 heterocycles. The second-order valence-corrected chi connectivity index (χ2v) is 6.65. The van der Waals surface area contributed by atoms with Crippen LogP contribution < -0.4 is 5.32 Å². The predicted octanol–water partition coefficient (Wildman–Crippen LogP) is 2.81. The van der Waals surface area contributed by atoms with E-state index >= 15 is 0 Å². The Hall–Kier alpha value is -0.810. The maximum Gasteiger partial charge on any atom is 0.253 e. The molecule has 1 N–H and O–H groups in total. The lowest BCUT2D eigenvalue weighted by atomic mass is 10.1. The maximum atomic E-state index is 12.7. The van der Waals surface area contributed by atoms with Crippen molar-refractivity contribution >= 4 is 30.7 Å². The molecule has 1 amide bonds. The largest absolute Gasteiger partial charge is 0.338 e. The van der Waals surface area contributed by atoms with E-state index in [1.165, 1.54) is 31.5 Å². The van der Waals surface area contributed by atoms with Crippen molar-refractivity contribution in [2.45, 2.75) is 25.8 Å². The van der Waals surface area contributed by atoms with Gasteiger partial charge in [0.15, 0.2) is 0 Å². The van der Waals surface area contributed by atoms with Crippen LogP contribution in [0.5, 0.6) is 0 Å². The van der Waals surface area contributed by atoms with Crippen molar-refractivity contribution in [1.29, 1.82) is 0 Å². The van der Waals surface area contributed by atoms with Crippen molar-refractivity contribution in [3.8, 4) is 0 Å². The summed E-state index contributed by atoms with van der Waals surface area (Å²) in [4.78, 5) is 17.2. The normalized spacial score (nSPS) is 20.5. The topological polar surface area (TPSA) is 35.6 Å². The van der Waals surface area contributed by atoms with Gasteiger partial charge in [0.2, 0.25) is 0 Å². The Morgan fingerprint density at radius 1 is 1.21 bits per heavy atom. The molecular formula is C18H29Cl2N3O. The van der Waals surface area contributed by atoms with Gasteiger partial charge in [-0.25, -0.2) is 0 Å². The highest BCUT2D eigenvalue weighted by molar-refractivity contribution is 5.94. The number of amides is 1. The van der Waals surface area contributed by atoms with E-state index in [1.807, 2.05) is 24.1 Å². The molecule has 0 spiro atoms. The van der Waals surface area contributed by atoms with Crippen molar-refractivity contribution in [3.05, 3.63) is 35.4 Å². The van der Waals surface area contributed by atoms with Gasteiger partial charge in [-0.05, 0) is 69.6 Å². The summed E-state index contributed by atoms with van der Waals surface area (Å²) in [5.41, 5.74) is 2.11. The van der Waals surface area contributed by atoms with Crippen LogP contribution in [0.15, 0.2) is 24.3 Å². The first-order valence-corrected chi connectivity index (χ1v) is 8.51. The highest BCUT2D eigenvalue weighted by Crippen LogP contribution is 2.19. The van der Waals surface area contributed by atoms with Gasteiger partial charge in [-0.1, -0.05) is 12.1 Å². The van der Waals surface area contributed by atoms with Crippen LogP contribution in [-0.4, -0.2) is 55.5 Å². The minimum absolute atomic E-state index is 0. The van der Waals surface area contributed by atoms with Gasteiger partial charge in [0.05, 0.1) is 0 Å². The average Bonchev–Trinajstić information content (AvgIpc) is 3.19. The van der Waals surface area contributed by atoms with E-state index in [9.17, 15) is 4.79 Å². The van der Waals surface area contributed by atoms with Gasteiger partial charge in [0.1, 0.15) is 0 Å².